The van der Waals surface area contributed by atoms with Crippen molar-refractivity contribution in [3.8, 4) is 5.75 Å². The lowest BCUT2D eigenvalue weighted by atomic mass is 10.2. The molecule has 1 aromatic rings. The van der Waals surface area contributed by atoms with E-state index in [1.54, 1.807) is 0 Å². The molecule has 0 aliphatic heterocycles. The Morgan fingerprint density at radius 1 is 1.32 bits per heavy atom. The number of hydrogen-bond donors (Lipinski definition) is 0. The average Bonchev–Trinajstić information content (AvgIpc) is 2.92. The highest BCUT2D eigenvalue weighted by molar-refractivity contribution is 7.91. The zero-order valence-corrected chi connectivity index (χ0v) is 11.0. The summed E-state index contributed by atoms with van der Waals surface area (Å²) in [6.45, 7) is 1.85. The van der Waals surface area contributed by atoms with Gasteiger partial charge in [-0.25, -0.2) is 8.42 Å². The largest absolute Gasteiger partial charge is 0.573 e. The summed E-state index contributed by atoms with van der Waals surface area (Å²) in [6.07, 6.45) is -3.18. The zero-order valence-electron chi connectivity index (χ0n) is 10.2. The minimum absolute atomic E-state index is 0.0462. The van der Waals surface area contributed by atoms with E-state index in [9.17, 15) is 21.6 Å². The highest BCUT2D eigenvalue weighted by Crippen LogP contribution is 2.46. The Hall–Kier alpha value is -1.24. The van der Waals surface area contributed by atoms with Crippen molar-refractivity contribution in [2.24, 2.45) is 5.41 Å². The molecule has 0 bridgehead atoms. The highest BCUT2D eigenvalue weighted by atomic mass is 32.2. The fraction of sp³-hybridized carbons (Fsp3) is 0.500. The van der Waals surface area contributed by atoms with Crippen LogP contribution in [0.4, 0.5) is 13.2 Å². The molecular formula is C12H13F3O3S. The van der Waals surface area contributed by atoms with Crippen molar-refractivity contribution in [2.75, 3.05) is 5.75 Å². The Kier molecular flexibility index (Phi) is 3.28. The topological polar surface area (TPSA) is 43.4 Å². The fourth-order valence-corrected chi connectivity index (χ4v) is 3.72. The van der Waals surface area contributed by atoms with E-state index in [0.29, 0.717) is 0 Å². The van der Waals surface area contributed by atoms with Gasteiger partial charge < -0.3 is 4.74 Å². The van der Waals surface area contributed by atoms with Gasteiger partial charge in [-0.2, -0.15) is 0 Å². The average molecular weight is 294 g/mol. The summed E-state index contributed by atoms with van der Waals surface area (Å²) < 4.78 is 64.1. The molecule has 0 unspecified atom stereocenters. The first-order valence-electron chi connectivity index (χ1n) is 5.68. The SMILES string of the molecule is CC1(CS(=O)(=O)c2cccc(OC(F)(F)F)c2)CC1. The summed E-state index contributed by atoms with van der Waals surface area (Å²) in [5, 5.41) is 0. The van der Waals surface area contributed by atoms with E-state index in [0.717, 1.165) is 25.0 Å². The first kappa shape index (κ1) is 14.2. The maximum atomic E-state index is 12.1. The normalized spacial score (nSPS) is 18.1. The number of halogens is 3. The molecule has 0 heterocycles. The third kappa shape index (κ3) is 3.86. The Morgan fingerprint density at radius 2 is 1.95 bits per heavy atom. The molecular weight excluding hydrogens is 281 g/mol. The predicted octanol–water partition coefficient (Wildman–Crippen LogP) is 3.16. The molecule has 1 aliphatic rings. The maximum absolute atomic E-state index is 12.1. The van der Waals surface area contributed by atoms with Gasteiger partial charge >= 0.3 is 6.36 Å². The monoisotopic (exact) mass is 294 g/mol. The van der Waals surface area contributed by atoms with Crippen LogP contribution in [0.25, 0.3) is 0 Å². The molecule has 0 aromatic heterocycles. The second kappa shape index (κ2) is 4.40. The van der Waals surface area contributed by atoms with Crippen LogP contribution in [-0.2, 0) is 9.84 Å². The number of benzene rings is 1. The third-order valence-corrected chi connectivity index (χ3v) is 5.09. The second-order valence-electron chi connectivity index (χ2n) is 5.09. The summed E-state index contributed by atoms with van der Waals surface area (Å²) in [4.78, 5) is -0.137. The first-order chi connectivity index (χ1) is 8.60. The lowest BCUT2D eigenvalue weighted by Crippen LogP contribution is -2.18. The van der Waals surface area contributed by atoms with Gasteiger partial charge in [-0.1, -0.05) is 13.0 Å². The van der Waals surface area contributed by atoms with Crippen molar-refractivity contribution >= 4 is 9.84 Å². The van der Waals surface area contributed by atoms with Gasteiger partial charge in [0.1, 0.15) is 5.75 Å². The Bertz CT molecular complexity index is 574. The van der Waals surface area contributed by atoms with Crippen LogP contribution in [0, 0.1) is 5.41 Å². The number of rotatable bonds is 4. The Balaban J connectivity index is 2.23. The zero-order chi connectivity index (χ0) is 14.3. The van der Waals surface area contributed by atoms with Gasteiger partial charge in [0.2, 0.25) is 0 Å². The minimum Gasteiger partial charge on any atom is -0.406 e. The van der Waals surface area contributed by atoms with E-state index in [2.05, 4.69) is 4.74 Å². The van der Waals surface area contributed by atoms with Crippen molar-refractivity contribution in [1.82, 2.24) is 0 Å². The molecule has 3 nitrogen and oxygen atoms in total. The molecule has 0 saturated heterocycles. The summed E-state index contributed by atoms with van der Waals surface area (Å²) in [7, 11) is -3.58. The molecule has 7 heteroatoms. The molecule has 0 amide bonds. The molecule has 0 spiro atoms. The van der Waals surface area contributed by atoms with Crippen LogP contribution in [0.2, 0.25) is 0 Å². The summed E-state index contributed by atoms with van der Waals surface area (Å²) in [5.41, 5.74) is -0.236. The molecule has 0 N–H and O–H groups in total. The molecule has 1 aromatic carbocycles. The predicted molar refractivity (Wildman–Crippen MR) is 62.5 cm³/mol. The number of ether oxygens (including phenoxy) is 1. The van der Waals surface area contributed by atoms with Crippen LogP contribution in [0.15, 0.2) is 29.2 Å². The molecule has 0 atom stereocenters. The summed E-state index contributed by atoms with van der Waals surface area (Å²) >= 11 is 0. The van der Waals surface area contributed by atoms with Crippen molar-refractivity contribution in [3.05, 3.63) is 24.3 Å². The van der Waals surface area contributed by atoms with Crippen molar-refractivity contribution < 1.29 is 26.3 Å². The van der Waals surface area contributed by atoms with Gasteiger partial charge in [-0.15, -0.1) is 13.2 Å². The van der Waals surface area contributed by atoms with Crippen molar-refractivity contribution in [1.29, 1.82) is 0 Å². The smallest absolute Gasteiger partial charge is 0.406 e. The molecule has 1 fully saturated rings. The lowest BCUT2D eigenvalue weighted by Gasteiger charge is -2.12. The number of hydrogen-bond acceptors (Lipinski definition) is 3. The van der Waals surface area contributed by atoms with E-state index in [1.165, 1.54) is 12.1 Å². The molecule has 2 rings (SSSR count). The fourth-order valence-electron chi connectivity index (χ4n) is 1.76. The van der Waals surface area contributed by atoms with E-state index >= 15 is 0 Å². The molecule has 19 heavy (non-hydrogen) atoms. The first-order valence-corrected chi connectivity index (χ1v) is 7.34. The lowest BCUT2D eigenvalue weighted by molar-refractivity contribution is -0.274. The van der Waals surface area contributed by atoms with Crippen LogP contribution in [0.3, 0.4) is 0 Å². The van der Waals surface area contributed by atoms with Gasteiger partial charge in [0.15, 0.2) is 9.84 Å². The quantitative estimate of drug-likeness (QED) is 0.856. The third-order valence-electron chi connectivity index (χ3n) is 3.04. The van der Waals surface area contributed by atoms with E-state index in [-0.39, 0.29) is 16.1 Å². The minimum atomic E-state index is -4.83. The molecule has 1 aliphatic carbocycles. The van der Waals surface area contributed by atoms with Crippen LogP contribution >= 0.6 is 0 Å². The number of alkyl halides is 3. The van der Waals surface area contributed by atoms with Gasteiger partial charge in [-0.05, 0) is 36.5 Å². The van der Waals surface area contributed by atoms with Crippen LogP contribution in [-0.4, -0.2) is 20.5 Å². The summed E-state index contributed by atoms with van der Waals surface area (Å²) in [6, 6.07) is 4.51. The van der Waals surface area contributed by atoms with Gasteiger partial charge in [0, 0.05) is 0 Å². The van der Waals surface area contributed by atoms with E-state index < -0.39 is 21.9 Å². The van der Waals surface area contributed by atoms with Gasteiger partial charge in [0.25, 0.3) is 0 Å². The number of sulfone groups is 1. The molecule has 1 saturated carbocycles. The second-order valence-corrected chi connectivity index (χ2v) is 7.08. The van der Waals surface area contributed by atoms with Crippen LogP contribution in [0.1, 0.15) is 19.8 Å². The standard InChI is InChI=1S/C12H13F3O3S/c1-11(5-6-11)8-19(16,17)10-4-2-3-9(7-10)18-12(13,14)15/h2-4,7H,5-6,8H2,1H3. The molecule has 0 radical (unpaired) electrons. The highest BCUT2D eigenvalue weighted by Gasteiger charge is 2.42. The maximum Gasteiger partial charge on any atom is 0.573 e. The van der Waals surface area contributed by atoms with E-state index in [1.807, 2.05) is 6.92 Å². The van der Waals surface area contributed by atoms with Gasteiger partial charge in [0.05, 0.1) is 10.6 Å². The van der Waals surface area contributed by atoms with Crippen LogP contribution < -0.4 is 4.74 Å². The summed E-state index contributed by atoms with van der Waals surface area (Å²) in [5.74, 6) is -0.565. The van der Waals surface area contributed by atoms with Crippen molar-refractivity contribution in [2.45, 2.75) is 31.0 Å². The Labute approximate surface area is 109 Å². The van der Waals surface area contributed by atoms with E-state index in [4.69, 9.17) is 0 Å². The molecule has 106 valence electrons. The van der Waals surface area contributed by atoms with Crippen LogP contribution in [0.5, 0.6) is 5.75 Å². The Morgan fingerprint density at radius 3 is 2.47 bits per heavy atom. The van der Waals surface area contributed by atoms with Crippen molar-refractivity contribution in [3.63, 3.8) is 0 Å². The van der Waals surface area contributed by atoms with Gasteiger partial charge in [-0.3, -0.25) is 0 Å².